The van der Waals surface area contributed by atoms with Gasteiger partial charge in [0.2, 0.25) is 0 Å². The molecule has 1 unspecified atom stereocenters. The van der Waals surface area contributed by atoms with Gasteiger partial charge in [0.05, 0.1) is 5.60 Å². The summed E-state index contributed by atoms with van der Waals surface area (Å²) in [5, 5.41) is 10.0. The molecule has 1 saturated carbocycles. The first-order valence-corrected chi connectivity index (χ1v) is 5.98. The monoisotopic (exact) mass is 194 g/mol. The zero-order valence-corrected chi connectivity index (χ0v) is 9.42. The highest BCUT2D eigenvalue weighted by atomic mass is 16.3. The molecule has 2 aliphatic rings. The average molecular weight is 194 g/mol. The Morgan fingerprint density at radius 2 is 2.07 bits per heavy atom. The van der Waals surface area contributed by atoms with Crippen LogP contribution < -0.4 is 0 Å². The van der Waals surface area contributed by atoms with Gasteiger partial charge in [0.1, 0.15) is 0 Å². The predicted molar refractivity (Wildman–Crippen MR) is 59.1 cm³/mol. The molecule has 2 rings (SSSR count). The van der Waals surface area contributed by atoms with Crippen LogP contribution in [0.15, 0.2) is 11.6 Å². The standard InChI is InChI=1S/C13H22O/c1-13(2,14)12-8-7-10-5-3-4-6-11(10)9-12/h6,10,12,14H,3-5,7-9H2,1-2H3/t10?,12-/m1/s1. The van der Waals surface area contributed by atoms with Crippen LogP contribution in [-0.4, -0.2) is 10.7 Å². The molecule has 0 saturated heterocycles. The molecule has 0 bridgehead atoms. The van der Waals surface area contributed by atoms with E-state index >= 15 is 0 Å². The maximum atomic E-state index is 10.0. The third kappa shape index (κ3) is 2.03. The lowest BCUT2D eigenvalue weighted by Gasteiger charge is -2.39. The zero-order chi connectivity index (χ0) is 10.2. The van der Waals surface area contributed by atoms with Crippen molar-refractivity contribution in [1.82, 2.24) is 0 Å². The molecule has 1 fully saturated rings. The molecule has 1 N–H and O–H groups in total. The van der Waals surface area contributed by atoms with E-state index in [-0.39, 0.29) is 0 Å². The Labute approximate surface area is 87.2 Å². The molecule has 80 valence electrons. The minimum atomic E-state index is -0.483. The van der Waals surface area contributed by atoms with Gasteiger partial charge in [-0.2, -0.15) is 0 Å². The topological polar surface area (TPSA) is 20.2 Å². The van der Waals surface area contributed by atoms with Crippen molar-refractivity contribution in [1.29, 1.82) is 0 Å². The zero-order valence-electron chi connectivity index (χ0n) is 9.42. The molecule has 1 heteroatoms. The Balaban J connectivity index is 2.06. The van der Waals surface area contributed by atoms with Crippen LogP contribution in [0, 0.1) is 11.8 Å². The van der Waals surface area contributed by atoms with E-state index in [1.807, 2.05) is 13.8 Å². The maximum absolute atomic E-state index is 10.0. The van der Waals surface area contributed by atoms with Gasteiger partial charge in [-0.15, -0.1) is 0 Å². The molecule has 0 amide bonds. The van der Waals surface area contributed by atoms with Gasteiger partial charge in [0, 0.05) is 0 Å². The van der Waals surface area contributed by atoms with Gasteiger partial charge in [-0.3, -0.25) is 0 Å². The highest BCUT2D eigenvalue weighted by Gasteiger charge is 2.34. The van der Waals surface area contributed by atoms with E-state index in [9.17, 15) is 5.11 Å². The minimum absolute atomic E-state index is 0.483. The Bertz CT molecular complexity index is 234. The van der Waals surface area contributed by atoms with Crippen molar-refractivity contribution >= 4 is 0 Å². The van der Waals surface area contributed by atoms with E-state index in [0.717, 1.165) is 12.3 Å². The summed E-state index contributed by atoms with van der Waals surface area (Å²) in [5.74, 6) is 1.35. The lowest BCUT2D eigenvalue weighted by molar-refractivity contribution is 0.00321. The summed E-state index contributed by atoms with van der Waals surface area (Å²) >= 11 is 0. The average Bonchev–Trinajstić information content (AvgIpc) is 2.16. The second kappa shape index (κ2) is 3.69. The third-order valence-electron chi connectivity index (χ3n) is 4.03. The summed E-state index contributed by atoms with van der Waals surface area (Å²) in [4.78, 5) is 0. The van der Waals surface area contributed by atoms with Crippen molar-refractivity contribution in [2.45, 2.75) is 58.0 Å². The Morgan fingerprint density at radius 3 is 2.79 bits per heavy atom. The van der Waals surface area contributed by atoms with Gasteiger partial charge in [0.15, 0.2) is 0 Å². The van der Waals surface area contributed by atoms with E-state index in [4.69, 9.17) is 0 Å². The Hall–Kier alpha value is -0.300. The summed E-state index contributed by atoms with van der Waals surface area (Å²) < 4.78 is 0. The molecule has 0 radical (unpaired) electrons. The number of hydrogen-bond acceptors (Lipinski definition) is 1. The Kier molecular flexibility index (Phi) is 2.70. The quantitative estimate of drug-likeness (QED) is 0.635. The predicted octanol–water partition coefficient (Wildman–Crippen LogP) is 3.28. The van der Waals surface area contributed by atoms with Crippen molar-refractivity contribution in [2.75, 3.05) is 0 Å². The van der Waals surface area contributed by atoms with Crippen LogP contribution in [0.3, 0.4) is 0 Å². The number of aliphatic hydroxyl groups is 1. The van der Waals surface area contributed by atoms with Gasteiger partial charge in [0.25, 0.3) is 0 Å². The van der Waals surface area contributed by atoms with Gasteiger partial charge in [-0.1, -0.05) is 11.6 Å². The van der Waals surface area contributed by atoms with Crippen LogP contribution in [0.5, 0.6) is 0 Å². The van der Waals surface area contributed by atoms with Crippen molar-refractivity contribution in [3.8, 4) is 0 Å². The molecular weight excluding hydrogens is 172 g/mol. The molecule has 0 aromatic heterocycles. The van der Waals surface area contributed by atoms with E-state index < -0.39 is 5.60 Å². The van der Waals surface area contributed by atoms with Crippen LogP contribution in [0.2, 0.25) is 0 Å². The van der Waals surface area contributed by atoms with Crippen molar-refractivity contribution in [3.63, 3.8) is 0 Å². The lowest BCUT2D eigenvalue weighted by Crippen LogP contribution is -2.35. The van der Waals surface area contributed by atoms with E-state index in [1.165, 1.54) is 32.1 Å². The van der Waals surface area contributed by atoms with Crippen LogP contribution in [-0.2, 0) is 0 Å². The van der Waals surface area contributed by atoms with E-state index in [0.29, 0.717) is 5.92 Å². The fourth-order valence-corrected chi connectivity index (χ4v) is 2.98. The summed E-state index contributed by atoms with van der Waals surface area (Å²) in [6.45, 7) is 3.92. The van der Waals surface area contributed by atoms with Crippen LogP contribution in [0.25, 0.3) is 0 Å². The normalized spacial score (nSPS) is 33.5. The molecule has 0 spiro atoms. The maximum Gasteiger partial charge on any atom is 0.0622 e. The van der Waals surface area contributed by atoms with E-state index in [1.54, 1.807) is 5.57 Å². The van der Waals surface area contributed by atoms with Gasteiger partial charge >= 0.3 is 0 Å². The third-order valence-corrected chi connectivity index (χ3v) is 4.03. The molecule has 0 aromatic carbocycles. The van der Waals surface area contributed by atoms with Gasteiger partial charge in [-0.05, 0) is 64.2 Å². The molecule has 2 atom stereocenters. The molecule has 14 heavy (non-hydrogen) atoms. The molecule has 1 nitrogen and oxygen atoms in total. The van der Waals surface area contributed by atoms with Crippen LogP contribution in [0.1, 0.15) is 52.4 Å². The van der Waals surface area contributed by atoms with Crippen molar-refractivity contribution in [2.24, 2.45) is 11.8 Å². The number of hydrogen-bond donors (Lipinski definition) is 1. The van der Waals surface area contributed by atoms with Crippen molar-refractivity contribution in [3.05, 3.63) is 11.6 Å². The van der Waals surface area contributed by atoms with Crippen LogP contribution >= 0.6 is 0 Å². The second-order valence-corrected chi connectivity index (χ2v) is 5.54. The molecule has 2 aliphatic carbocycles. The molecule has 0 aliphatic heterocycles. The Morgan fingerprint density at radius 1 is 1.29 bits per heavy atom. The lowest BCUT2D eigenvalue weighted by atomic mass is 9.69. The molecule has 0 aromatic rings. The number of allylic oxidation sites excluding steroid dienone is 2. The number of rotatable bonds is 1. The summed E-state index contributed by atoms with van der Waals surface area (Å²) in [6, 6.07) is 0. The fourth-order valence-electron chi connectivity index (χ4n) is 2.98. The SMILES string of the molecule is CC(C)(O)[C@@H]1CCC2CCCC=C2C1. The van der Waals surface area contributed by atoms with Crippen LogP contribution in [0.4, 0.5) is 0 Å². The highest BCUT2D eigenvalue weighted by molar-refractivity contribution is 5.14. The summed E-state index contributed by atoms with van der Waals surface area (Å²) in [5.41, 5.74) is 1.16. The van der Waals surface area contributed by atoms with Gasteiger partial charge in [-0.25, -0.2) is 0 Å². The fraction of sp³-hybridized carbons (Fsp3) is 0.846. The smallest absolute Gasteiger partial charge is 0.0622 e. The largest absolute Gasteiger partial charge is 0.390 e. The first-order valence-electron chi connectivity index (χ1n) is 5.98. The van der Waals surface area contributed by atoms with Crippen molar-refractivity contribution < 1.29 is 5.11 Å². The summed E-state index contributed by atoms with van der Waals surface area (Å²) in [6.07, 6.45) is 10.1. The van der Waals surface area contributed by atoms with Gasteiger partial charge < -0.3 is 5.11 Å². The van der Waals surface area contributed by atoms with E-state index in [2.05, 4.69) is 6.08 Å². The first kappa shape index (κ1) is 10.2. The number of fused-ring (bicyclic) bond motifs is 1. The summed E-state index contributed by atoms with van der Waals surface area (Å²) in [7, 11) is 0. The highest BCUT2D eigenvalue weighted by Crippen LogP contribution is 2.42. The molecular formula is C13H22O. The second-order valence-electron chi connectivity index (χ2n) is 5.54. The molecule has 0 heterocycles. The minimum Gasteiger partial charge on any atom is -0.390 e. The first-order chi connectivity index (χ1) is 6.57.